The normalized spacial score (nSPS) is 20.3. The van der Waals surface area contributed by atoms with Gasteiger partial charge in [0.2, 0.25) is 0 Å². The van der Waals surface area contributed by atoms with E-state index in [1.165, 1.54) is 25.7 Å². The van der Waals surface area contributed by atoms with Gasteiger partial charge in [0, 0.05) is 19.6 Å². The van der Waals surface area contributed by atoms with Gasteiger partial charge in [0.25, 0.3) is 0 Å². The molecule has 0 amide bonds. The van der Waals surface area contributed by atoms with Gasteiger partial charge < -0.3 is 10.6 Å². The second kappa shape index (κ2) is 5.84. The average molecular weight is 314 g/mol. The van der Waals surface area contributed by atoms with Crippen molar-refractivity contribution in [3.63, 3.8) is 0 Å². The molecule has 1 aliphatic rings. The Balaban J connectivity index is 2.07. The largest absolute Gasteiger partial charge is 0.383 e. The van der Waals surface area contributed by atoms with Crippen LogP contribution in [0.5, 0.6) is 0 Å². The molecular formula is C12H20BrN5. The molecule has 2 rings (SSSR count). The summed E-state index contributed by atoms with van der Waals surface area (Å²) in [6, 6.07) is 0.614. The first-order chi connectivity index (χ1) is 8.63. The Kier molecular flexibility index (Phi) is 4.40. The van der Waals surface area contributed by atoms with E-state index in [4.69, 9.17) is 5.73 Å². The van der Waals surface area contributed by atoms with Crippen molar-refractivity contribution in [2.24, 2.45) is 0 Å². The highest BCUT2D eigenvalue weighted by molar-refractivity contribution is 9.10. The summed E-state index contributed by atoms with van der Waals surface area (Å²) in [5.74, 6) is 1.36. The maximum Gasteiger partial charge on any atom is 0.148 e. The Labute approximate surface area is 117 Å². The lowest BCUT2D eigenvalue weighted by molar-refractivity contribution is 0.270. The summed E-state index contributed by atoms with van der Waals surface area (Å²) in [6.45, 7) is 5.52. The quantitative estimate of drug-likeness (QED) is 0.917. The minimum Gasteiger partial charge on any atom is -0.383 e. The number of rotatable bonds is 4. The van der Waals surface area contributed by atoms with Crippen molar-refractivity contribution in [3.05, 3.63) is 10.8 Å². The first kappa shape index (κ1) is 13.5. The molecule has 0 aliphatic carbocycles. The van der Waals surface area contributed by atoms with Crippen molar-refractivity contribution in [1.29, 1.82) is 0 Å². The molecular weight excluding hydrogens is 294 g/mol. The summed E-state index contributed by atoms with van der Waals surface area (Å²) in [5, 5.41) is 0. The molecule has 1 atom stereocenters. The lowest BCUT2D eigenvalue weighted by atomic mass is 10.2. The predicted molar refractivity (Wildman–Crippen MR) is 77.7 cm³/mol. The van der Waals surface area contributed by atoms with Crippen LogP contribution in [0.25, 0.3) is 0 Å². The highest BCUT2D eigenvalue weighted by Crippen LogP contribution is 2.28. The average Bonchev–Trinajstić information content (AvgIpc) is 2.79. The molecule has 0 saturated carbocycles. The summed E-state index contributed by atoms with van der Waals surface area (Å²) in [6.07, 6.45) is 4.06. The van der Waals surface area contributed by atoms with E-state index >= 15 is 0 Å². The van der Waals surface area contributed by atoms with E-state index in [0.717, 1.165) is 23.4 Å². The molecule has 0 bridgehead atoms. The highest BCUT2D eigenvalue weighted by Gasteiger charge is 2.25. The van der Waals surface area contributed by atoms with Crippen molar-refractivity contribution in [1.82, 2.24) is 14.9 Å². The van der Waals surface area contributed by atoms with Crippen molar-refractivity contribution in [2.75, 3.05) is 37.3 Å². The zero-order valence-electron chi connectivity index (χ0n) is 10.9. The molecule has 5 nitrogen and oxygen atoms in total. The van der Waals surface area contributed by atoms with Crippen LogP contribution in [-0.4, -0.2) is 47.6 Å². The van der Waals surface area contributed by atoms with Crippen LogP contribution >= 0.6 is 15.9 Å². The number of halogens is 1. The number of anilines is 2. The fourth-order valence-electron chi connectivity index (χ4n) is 2.56. The number of likely N-dealkylation sites (N-methyl/N-ethyl adjacent to an activating group) is 2. The van der Waals surface area contributed by atoms with E-state index in [0.29, 0.717) is 11.9 Å². The second-order valence-corrected chi connectivity index (χ2v) is 5.49. The van der Waals surface area contributed by atoms with Crippen LogP contribution < -0.4 is 10.6 Å². The van der Waals surface area contributed by atoms with Crippen LogP contribution in [0, 0.1) is 0 Å². The predicted octanol–water partition coefficient (Wildman–Crippen LogP) is 1.74. The molecule has 6 heteroatoms. The van der Waals surface area contributed by atoms with Crippen LogP contribution in [0.2, 0.25) is 0 Å². The van der Waals surface area contributed by atoms with Gasteiger partial charge in [0.1, 0.15) is 22.4 Å². The second-order valence-electron chi connectivity index (χ2n) is 4.70. The third-order valence-electron chi connectivity index (χ3n) is 3.55. The van der Waals surface area contributed by atoms with Crippen LogP contribution in [0.3, 0.4) is 0 Å². The molecule has 1 aromatic heterocycles. The van der Waals surface area contributed by atoms with E-state index in [9.17, 15) is 0 Å². The van der Waals surface area contributed by atoms with Crippen molar-refractivity contribution in [3.8, 4) is 0 Å². The smallest absolute Gasteiger partial charge is 0.148 e. The maximum atomic E-state index is 5.78. The molecule has 1 fully saturated rings. The van der Waals surface area contributed by atoms with Gasteiger partial charge in [-0.25, -0.2) is 9.97 Å². The lowest BCUT2D eigenvalue weighted by Gasteiger charge is -2.28. The summed E-state index contributed by atoms with van der Waals surface area (Å²) in [7, 11) is 2.05. The molecule has 18 heavy (non-hydrogen) atoms. The zero-order chi connectivity index (χ0) is 13.1. The summed E-state index contributed by atoms with van der Waals surface area (Å²) < 4.78 is 0.786. The van der Waals surface area contributed by atoms with Gasteiger partial charge in [-0.2, -0.15) is 0 Å². The Morgan fingerprint density at radius 3 is 3.06 bits per heavy atom. The Morgan fingerprint density at radius 2 is 2.33 bits per heavy atom. The Hall–Kier alpha value is -0.880. The molecule has 0 radical (unpaired) electrons. The third-order valence-corrected chi connectivity index (χ3v) is 4.31. The van der Waals surface area contributed by atoms with Gasteiger partial charge in [0.15, 0.2) is 0 Å². The van der Waals surface area contributed by atoms with Crippen LogP contribution in [0.1, 0.15) is 19.8 Å². The molecule has 100 valence electrons. The van der Waals surface area contributed by atoms with Crippen molar-refractivity contribution in [2.45, 2.75) is 25.8 Å². The summed E-state index contributed by atoms with van der Waals surface area (Å²) >= 11 is 3.46. The van der Waals surface area contributed by atoms with E-state index < -0.39 is 0 Å². The first-order valence-corrected chi connectivity index (χ1v) is 7.14. The van der Waals surface area contributed by atoms with Crippen LogP contribution in [-0.2, 0) is 0 Å². The van der Waals surface area contributed by atoms with Crippen LogP contribution in [0.4, 0.5) is 11.6 Å². The Bertz CT molecular complexity index is 411. The van der Waals surface area contributed by atoms with Gasteiger partial charge >= 0.3 is 0 Å². The maximum absolute atomic E-state index is 5.78. The van der Waals surface area contributed by atoms with Gasteiger partial charge in [-0.15, -0.1) is 0 Å². The van der Waals surface area contributed by atoms with Crippen LogP contribution in [0.15, 0.2) is 10.8 Å². The van der Waals surface area contributed by atoms with E-state index in [-0.39, 0.29) is 0 Å². The highest BCUT2D eigenvalue weighted by atomic mass is 79.9. The number of hydrogen-bond donors (Lipinski definition) is 1. The first-order valence-electron chi connectivity index (χ1n) is 6.34. The number of nitrogen functional groups attached to an aromatic ring is 1. The van der Waals surface area contributed by atoms with Crippen molar-refractivity contribution < 1.29 is 0 Å². The minimum atomic E-state index is 0.491. The summed E-state index contributed by atoms with van der Waals surface area (Å²) in [4.78, 5) is 12.9. The Morgan fingerprint density at radius 1 is 1.56 bits per heavy atom. The molecule has 1 saturated heterocycles. The number of aromatic nitrogens is 2. The molecule has 1 aromatic rings. The number of nitrogens with zero attached hydrogens (tertiary/aromatic N) is 4. The van der Waals surface area contributed by atoms with Gasteiger partial charge in [-0.3, -0.25) is 4.90 Å². The lowest BCUT2D eigenvalue weighted by Crippen LogP contribution is -2.39. The molecule has 0 aromatic carbocycles. The molecule has 0 spiro atoms. The topological polar surface area (TPSA) is 58.3 Å². The standard InChI is InChI=1S/C12H20BrN5/c1-3-18-6-4-5-9(18)7-17(2)12-10(13)11(14)15-8-16-12/h8-9H,3-7H2,1-2H3,(H2,14,15,16). The van der Waals surface area contributed by atoms with Gasteiger partial charge in [-0.1, -0.05) is 6.92 Å². The van der Waals surface area contributed by atoms with Crippen molar-refractivity contribution >= 4 is 27.6 Å². The molecule has 1 unspecified atom stereocenters. The third kappa shape index (κ3) is 2.75. The fourth-order valence-corrected chi connectivity index (χ4v) is 3.07. The number of nitrogens with two attached hydrogens (primary N) is 1. The van der Waals surface area contributed by atoms with Gasteiger partial charge in [0.05, 0.1) is 0 Å². The molecule has 1 aliphatic heterocycles. The number of likely N-dealkylation sites (tertiary alicyclic amines) is 1. The van der Waals surface area contributed by atoms with E-state index in [1.54, 1.807) is 0 Å². The van der Waals surface area contributed by atoms with E-state index in [2.05, 4.69) is 49.7 Å². The molecule has 2 N–H and O–H groups in total. The monoisotopic (exact) mass is 313 g/mol. The van der Waals surface area contributed by atoms with E-state index in [1.807, 2.05) is 0 Å². The molecule has 2 heterocycles. The van der Waals surface area contributed by atoms with Gasteiger partial charge in [-0.05, 0) is 41.9 Å². The minimum absolute atomic E-state index is 0.491. The summed E-state index contributed by atoms with van der Waals surface area (Å²) in [5.41, 5.74) is 5.78. The number of hydrogen-bond acceptors (Lipinski definition) is 5. The SMILES string of the molecule is CCN1CCCC1CN(C)c1ncnc(N)c1Br. The zero-order valence-corrected chi connectivity index (χ0v) is 12.5. The fraction of sp³-hybridized carbons (Fsp3) is 0.667.